The summed E-state index contributed by atoms with van der Waals surface area (Å²) < 4.78 is 0. The zero-order valence-corrected chi connectivity index (χ0v) is 8.49. The molecule has 1 aliphatic heterocycles. The molecule has 0 fully saturated rings. The van der Waals surface area contributed by atoms with Crippen molar-refractivity contribution in [2.24, 2.45) is 5.73 Å². The first-order chi connectivity index (χ1) is 6.58. The number of hydrogen-bond donors (Lipinski definition) is 2. The summed E-state index contributed by atoms with van der Waals surface area (Å²) >= 11 is 0. The molecule has 0 amide bonds. The fraction of sp³-hybridized carbons (Fsp3) is 0.273. The fourth-order valence-electron chi connectivity index (χ4n) is 1.71. The van der Waals surface area contributed by atoms with E-state index in [1.807, 2.05) is 55.3 Å². The molecular weight excluding hydrogens is 174 g/mol. The van der Waals surface area contributed by atoms with E-state index in [0.717, 1.165) is 11.4 Å². The number of anilines is 1. The van der Waals surface area contributed by atoms with Gasteiger partial charge < -0.3 is 5.73 Å². The Morgan fingerprint density at radius 3 is 2.43 bits per heavy atom. The second-order valence-electron chi connectivity index (χ2n) is 3.85. The van der Waals surface area contributed by atoms with Crippen LogP contribution in [0.3, 0.4) is 0 Å². The molecule has 0 radical (unpaired) electrons. The minimum atomic E-state index is -0.445. The Bertz CT molecular complexity index is 354. The number of nitrogens with zero attached hydrogens (tertiary/aromatic N) is 1. The molecule has 1 aromatic rings. The second kappa shape index (κ2) is 3.12. The van der Waals surface area contributed by atoms with E-state index >= 15 is 0 Å². The number of benzene rings is 1. The average Bonchev–Trinajstić information content (AvgIpc) is 2.41. The van der Waals surface area contributed by atoms with Crippen LogP contribution in [0.2, 0.25) is 0 Å². The van der Waals surface area contributed by atoms with Crippen LogP contribution in [0.25, 0.3) is 0 Å². The number of hydrogen-bond acceptors (Lipinski definition) is 3. The molecule has 3 heteroatoms. The van der Waals surface area contributed by atoms with Crippen LogP contribution >= 0.6 is 0 Å². The van der Waals surface area contributed by atoms with Gasteiger partial charge in [0.05, 0.1) is 5.69 Å². The lowest BCUT2D eigenvalue weighted by Crippen LogP contribution is -2.51. The molecule has 0 saturated carbocycles. The SMILES string of the molecule is CC1=CC(C)(N)NN1c1ccccc1. The third kappa shape index (κ3) is 1.64. The van der Waals surface area contributed by atoms with Crippen LogP contribution in [-0.2, 0) is 0 Å². The third-order valence-electron chi connectivity index (χ3n) is 2.23. The van der Waals surface area contributed by atoms with E-state index < -0.39 is 5.66 Å². The smallest absolute Gasteiger partial charge is 0.102 e. The number of nitrogens with two attached hydrogens (primary N) is 1. The first-order valence-electron chi connectivity index (χ1n) is 4.70. The molecule has 14 heavy (non-hydrogen) atoms. The van der Waals surface area contributed by atoms with E-state index in [9.17, 15) is 0 Å². The molecule has 0 aliphatic carbocycles. The number of para-hydroxylation sites is 1. The maximum absolute atomic E-state index is 5.97. The van der Waals surface area contributed by atoms with Crippen molar-refractivity contribution >= 4 is 5.69 Å². The van der Waals surface area contributed by atoms with E-state index in [-0.39, 0.29) is 0 Å². The van der Waals surface area contributed by atoms with Gasteiger partial charge in [-0.05, 0) is 32.1 Å². The quantitative estimate of drug-likeness (QED) is 0.705. The van der Waals surface area contributed by atoms with Crippen molar-refractivity contribution in [1.29, 1.82) is 0 Å². The molecule has 3 N–H and O–H groups in total. The minimum Gasteiger partial charge on any atom is -0.309 e. The van der Waals surface area contributed by atoms with Gasteiger partial charge in [-0.3, -0.25) is 5.01 Å². The van der Waals surface area contributed by atoms with E-state index in [1.165, 1.54) is 0 Å². The highest BCUT2D eigenvalue weighted by atomic mass is 15.6. The zero-order valence-electron chi connectivity index (χ0n) is 8.49. The van der Waals surface area contributed by atoms with Crippen molar-refractivity contribution in [3.8, 4) is 0 Å². The summed E-state index contributed by atoms with van der Waals surface area (Å²) in [7, 11) is 0. The first-order valence-corrected chi connectivity index (χ1v) is 4.70. The van der Waals surface area contributed by atoms with Gasteiger partial charge >= 0.3 is 0 Å². The summed E-state index contributed by atoms with van der Waals surface area (Å²) in [6, 6.07) is 10.1. The van der Waals surface area contributed by atoms with Gasteiger partial charge in [0.25, 0.3) is 0 Å². The molecule has 74 valence electrons. The van der Waals surface area contributed by atoms with Crippen LogP contribution in [0, 0.1) is 0 Å². The molecule has 1 aromatic carbocycles. The minimum absolute atomic E-state index is 0.445. The van der Waals surface area contributed by atoms with Crippen LogP contribution in [0.4, 0.5) is 5.69 Å². The molecule has 0 saturated heterocycles. The molecular formula is C11H15N3. The lowest BCUT2D eigenvalue weighted by molar-refractivity contribution is 0.485. The van der Waals surface area contributed by atoms with Gasteiger partial charge in [0, 0.05) is 5.70 Å². The molecule has 1 heterocycles. The van der Waals surface area contributed by atoms with Gasteiger partial charge in [-0.25, -0.2) is 5.43 Å². The van der Waals surface area contributed by atoms with Crippen molar-refractivity contribution < 1.29 is 0 Å². The Morgan fingerprint density at radius 1 is 1.29 bits per heavy atom. The molecule has 3 nitrogen and oxygen atoms in total. The van der Waals surface area contributed by atoms with Crippen molar-refractivity contribution in [2.75, 3.05) is 5.01 Å². The molecule has 0 spiro atoms. The summed E-state index contributed by atoms with van der Waals surface area (Å²) in [6.07, 6.45) is 2.01. The molecule has 0 bridgehead atoms. The average molecular weight is 189 g/mol. The van der Waals surface area contributed by atoms with E-state index in [1.54, 1.807) is 0 Å². The van der Waals surface area contributed by atoms with Crippen LogP contribution in [0.15, 0.2) is 42.1 Å². The monoisotopic (exact) mass is 189 g/mol. The zero-order chi connectivity index (χ0) is 10.2. The van der Waals surface area contributed by atoms with Crippen molar-refractivity contribution in [3.05, 3.63) is 42.1 Å². The molecule has 1 aliphatic rings. The van der Waals surface area contributed by atoms with E-state index in [0.29, 0.717) is 0 Å². The van der Waals surface area contributed by atoms with Crippen molar-refractivity contribution in [1.82, 2.24) is 5.43 Å². The Morgan fingerprint density at radius 2 is 1.93 bits per heavy atom. The van der Waals surface area contributed by atoms with Gasteiger partial charge in [-0.1, -0.05) is 18.2 Å². The number of allylic oxidation sites excluding steroid dienone is 1. The maximum atomic E-state index is 5.97. The number of nitrogens with one attached hydrogen (secondary N) is 1. The summed E-state index contributed by atoms with van der Waals surface area (Å²) in [6.45, 7) is 3.98. The standard InChI is InChI=1S/C11H15N3/c1-9-8-11(2,12)13-14(9)10-6-4-3-5-7-10/h3-8,13H,12H2,1-2H3. The fourth-order valence-corrected chi connectivity index (χ4v) is 1.71. The molecule has 1 atom stereocenters. The van der Waals surface area contributed by atoms with E-state index in [4.69, 9.17) is 5.73 Å². The molecule has 2 rings (SSSR count). The second-order valence-corrected chi connectivity index (χ2v) is 3.85. The normalized spacial score (nSPS) is 26.5. The Hall–Kier alpha value is -1.32. The summed E-state index contributed by atoms with van der Waals surface area (Å²) in [5.41, 5.74) is 11.0. The summed E-state index contributed by atoms with van der Waals surface area (Å²) in [4.78, 5) is 0. The van der Waals surface area contributed by atoms with Gasteiger partial charge in [-0.15, -0.1) is 0 Å². The first kappa shape index (κ1) is 9.24. The van der Waals surface area contributed by atoms with Crippen LogP contribution in [0.5, 0.6) is 0 Å². The summed E-state index contributed by atoms with van der Waals surface area (Å²) in [5, 5.41) is 2.00. The van der Waals surface area contributed by atoms with Crippen LogP contribution in [0.1, 0.15) is 13.8 Å². The predicted molar refractivity (Wildman–Crippen MR) is 58.4 cm³/mol. The third-order valence-corrected chi connectivity index (χ3v) is 2.23. The van der Waals surface area contributed by atoms with Gasteiger partial charge in [0.15, 0.2) is 0 Å². The number of hydrazine groups is 1. The highest BCUT2D eigenvalue weighted by Crippen LogP contribution is 2.23. The van der Waals surface area contributed by atoms with Crippen molar-refractivity contribution in [2.45, 2.75) is 19.5 Å². The summed E-state index contributed by atoms with van der Waals surface area (Å²) in [5.74, 6) is 0. The Labute approximate surface area is 84.2 Å². The van der Waals surface area contributed by atoms with Gasteiger partial charge in [-0.2, -0.15) is 0 Å². The van der Waals surface area contributed by atoms with Gasteiger partial charge in [0.2, 0.25) is 0 Å². The maximum Gasteiger partial charge on any atom is 0.102 e. The van der Waals surface area contributed by atoms with E-state index in [2.05, 4.69) is 5.43 Å². The van der Waals surface area contributed by atoms with Crippen LogP contribution < -0.4 is 16.2 Å². The Balaban J connectivity index is 2.28. The predicted octanol–water partition coefficient (Wildman–Crippen LogP) is 1.59. The Kier molecular flexibility index (Phi) is 2.06. The topological polar surface area (TPSA) is 41.3 Å². The van der Waals surface area contributed by atoms with Crippen LogP contribution in [-0.4, -0.2) is 5.66 Å². The van der Waals surface area contributed by atoms with Crippen molar-refractivity contribution in [3.63, 3.8) is 0 Å². The largest absolute Gasteiger partial charge is 0.309 e. The van der Waals surface area contributed by atoms with Gasteiger partial charge in [0.1, 0.15) is 5.66 Å². The lowest BCUT2D eigenvalue weighted by atomic mass is 10.2. The lowest BCUT2D eigenvalue weighted by Gasteiger charge is -2.25. The molecule has 1 unspecified atom stereocenters. The number of rotatable bonds is 1. The molecule has 0 aromatic heterocycles. The highest BCUT2D eigenvalue weighted by molar-refractivity contribution is 5.52. The highest BCUT2D eigenvalue weighted by Gasteiger charge is 2.27.